The smallest absolute Gasteiger partial charge is 0.255 e. The molecular weight excluding hydrogens is 617 g/mol. The van der Waals surface area contributed by atoms with Crippen molar-refractivity contribution in [2.75, 3.05) is 25.6 Å². The normalized spacial score (nSPS) is 19.1. The van der Waals surface area contributed by atoms with Gasteiger partial charge >= 0.3 is 0 Å². The van der Waals surface area contributed by atoms with E-state index in [1.807, 2.05) is 72.8 Å². The highest BCUT2D eigenvalue weighted by Gasteiger charge is 2.51. The Morgan fingerprint density at radius 2 is 1.50 bits per heavy atom. The second-order valence-electron chi connectivity index (χ2n) is 13.3. The molecule has 2 amide bonds. The van der Waals surface area contributed by atoms with E-state index < -0.39 is 8.07 Å². The zero-order valence-corrected chi connectivity index (χ0v) is 29.5. The number of amides is 2. The second kappa shape index (κ2) is 16.2. The molecule has 0 radical (unpaired) electrons. The van der Waals surface area contributed by atoms with Crippen molar-refractivity contribution in [3.05, 3.63) is 126 Å². The monoisotopic (exact) mass is 664 g/mol. The number of ether oxygens (including phenoxy) is 2. The molecule has 7 nitrogen and oxygen atoms in total. The Kier molecular flexibility index (Phi) is 11.9. The molecule has 8 heteroatoms. The summed E-state index contributed by atoms with van der Waals surface area (Å²) in [6.07, 6.45) is 1.70. The van der Waals surface area contributed by atoms with Gasteiger partial charge in [0.1, 0.15) is 5.75 Å². The first-order chi connectivity index (χ1) is 23.2. The predicted octanol–water partition coefficient (Wildman–Crippen LogP) is 6.68. The molecule has 0 saturated carbocycles. The van der Waals surface area contributed by atoms with Crippen molar-refractivity contribution >= 4 is 30.8 Å². The van der Waals surface area contributed by atoms with E-state index in [2.05, 4.69) is 49.6 Å². The third kappa shape index (κ3) is 8.61. The van der Waals surface area contributed by atoms with E-state index in [1.165, 1.54) is 10.8 Å². The Labute approximate surface area is 285 Å². The molecule has 1 heterocycles. The van der Waals surface area contributed by atoms with Crippen molar-refractivity contribution in [2.45, 2.75) is 63.6 Å². The minimum atomic E-state index is -2.14. The van der Waals surface area contributed by atoms with Crippen LogP contribution in [-0.4, -0.2) is 62.4 Å². The first-order valence-electron chi connectivity index (χ1n) is 16.9. The van der Waals surface area contributed by atoms with E-state index in [1.54, 1.807) is 24.1 Å². The van der Waals surface area contributed by atoms with Crippen LogP contribution in [0.15, 0.2) is 109 Å². The first-order valence-corrected chi connectivity index (χ1v) is 19.9. The molecule has 2 N–H and O–H groups in total. The average Bonchev–Trinajstić information content (AvgIpc) is 3.43. The number of methoxy groups -OCH3 is 1. The van der Waals surface area contributed by atoms with Crippen LogP contribution >= 0.6 is 0 Å². The van der Waals surface area contributed by atoms with Crippen LogP contribution in [0, 0.1) is 5.92 Å². The lowest BCUT2D eigenvalue weighted by Crippen LogP contribution is -2.51. The summed E-state index contributed by atoms with van der Waals surface area (Å²) in [6.45, 7) is 7.71. The third-order valence-corrected chi connectivity index (χ3v) is 14.2. The summed E-state index contributed by atoms with van der Waals surface area (Å²) in [5.41, 5.74) is 3.79. The van der Waals surface area contributed by atoms with Crippen molar-refractivity contribution in [1.29, 1.82) is 0 Å². The second-order valence-corrected chi connectivity index (χ2v) is 18.0. The largest absolute Gasteiger partial charge is 0.497 e. The maximum Gasteiger partial charge on any atom is 0.255 e. The standard InChI is InChI=1S/C40H48N2O5Si/c1-29-36(24-17-30-15-18-33(19-16-30)41-40(45)32-13-9-6-10-14-32)47-37(39(29)48(3,4)35-22-20-34(46-2)21-23-35)27-38(44)42(25-26-43)28-31-11-7-5-8-12-31/h5-16,18-23,29,36-37,39,43H,17,24-28H2,1-4H3,(H,41,45)/t29-,36+,37-,39+/m0/s1. The molecule has 48 heavy (non-hydrogen) atoms. The van der Waals surface area contributed by atoms with Crippen LogP contribution in [0.2, 0.25) is 18.6 Å². The quantitative estimate of drug-likeness (QED) is 0.147. The highest BCUT2D eigenvalue weighted by Crippen LogP contribution is 2.46. The number of hydrogen-bond donors (Lipinski definition) is 2. The van der Waals surface area contributed by atoms with Crippen LogP contribution < -0.4 is 15.2 Å². The Bertz CT molecular complexity index is 1610. The summed E-state index contributed by atoms with van der Waals surface area (Å²) in [4.78, 5) is 28.2. The van der Waals surface area contributed by atoms with Crippen molar-refractivity contribution < 1.29 is 24.2 Å². The lowest BCUT2D eigenvalue weighted by Gasteiger charge is -2.36. The molecule has 0 aromatic heterocycles. The summed E-state index contributed by atoms with van der Waals surface area (Å²) in [7, 11) is -0.465. The summed E-state index contributed by atoms with van der Waals surface area (Å²) in [6, 6.07) is 35.5. The minimum absolute atomic E-state index is 0.00317. The van der Waals surface area contributed by atoms with Crippen LogP contribution in [0.4, 0.5) is 5.69 Å². The van der Waals surface area contributed by atoms with E-state index in [4.69, 9.17) is 9.47 Å². The molecule has 4 aromatic carbocycles. The molecule has 252 valence electrons. The minimum Gasteiger partial charge on any atom is -0.497 e. The number of hydrogen-bond acceptors (Lipinski definition) is 5. The van der Waals surface area contributed by atoms with Gasteiger partial charge in [0.15, 0.2) is 0 Å². The Hall–Kier alpha value is -4.24. The summed E-state index contributed by atoms with van der Waals surface area (Å²) >= 11 is 0. The first kappa shape index (κ1) is 35.1. The van der Waals surface area contributed by atoms with Crippen molar-refractivity contribution in [3.63, 3.8) is 0 Å². The Morgan fingerprint density at radius 3 is 2.12 bits per heavy atom. The molecule has 1 fully saturated rings. The molecule has 4 atom stereocenters. The van der Waals surface area contributed by atoms with Gasteiger partial charge in [-0.2, -0.15) is 0 Å². The number of aryl methyl sites for hydroxylation is 1. The number of carbonyl (C=O) groups is 2. The number of aliphatic hydroxyl groups excluding tert-OH is 1. The Morgan fingerprint density at radius 1 is 0.854 bits per heavy atom. The van der Waals surface area contributed by atoms with Gasteiger partial charge in [-0.15, -0.1) is 0 Å². The fourth-order valence-corrected chi connectivity index (χ4v) is 11.3. The van der Waals surface area contributed by atoms with Gasteiger partial charge in [0, 0.05) is 24.3 Å². The fraction of sp³-hybridized carbons (Fsp3) is 0.350. The number of anilines is 1. The highest BCUT2D eigenvalue weighted by atomic mass is 28.3. The number of carbonyl (C=O) groups excluding carboxylic acids is 2. The molecule has 1 aliphatic heterocycles. The van der Waals surface area contributed by atoms with Crippen molar-refractivity contribution in [1.82, 2.24) is 4.90 Å². The number of rotatable bonds is 14. The summed E-state index contributed by atoms with van der Waals surface area (Å²) in [5.74, 6) is 0.947. The molecule has 4 aromatic rings. The van der Waals surface area contributed by atoms with Crippen LogP contribution in [-0.2, 0) is 22.5 Å². The van der Waals surface area contributed by atoms with E-state index in [0.29, 0.717) is 12.1 Å². The number of nitrogens with zero attached hydrogens (tertiary/aromatic N) is 1. The van der Waals surface area contributed by atoms with Gasteiger partial charge in [-0.1, -0.05) is 98.0 Å². The van der Waals surface area contributed by atoms with Crippen LogP contribution in [0.25, 0.3) is 0 Å². The SMILES string of the molecule is COc1ccc([Si](C)(C)[C@@H]2[C@@H](C)[C@@H](CCc3ccc(NC(=O)c4ccccc4)cc3)O[C@H]2CC(=O)N(CCO)Cc2ccccc2)cc1. The van der Waals surface area contributed by atoms with Gasteiger partial charge in [0.2, 0.25) is 5.91 Å². The van der Waals surface area contributed by atoms with Gasteiger partial charge in [0.25, 0.3) is 5.91 Å². The van der Waals surface area contributed by atoms with Gasteiger partial charge in [-0.05, 0) is 71.8 Å². The number of nitrogens with one attached hydrogen (secondary N) is 1. The number of benzene rings is 4. The fourth-order valence-electron chi connectivity index (χ4n) is 7.22. The zero-order chi connectivity index (χ0) is 34.1. The van der Waals surface area contributed by atoms with Crippen LogP contribution in [0.5, 0.6) is 5.75 Å². The molecular formula is C40H48N2O5Si. The van der Waals surface area contributed by atoms with Gasteiger partial charge in [0.05, 0.1) is 40.4 Å². The van der Waals surface area contributed by atoms with Gasteiger partial charge < -0.3 is 24.8 Å². The molecule has 1 aliphatic rings. The third-order valence-electron chi connectivity index (χ3n) is 9.85. The lowest BCUT2D eigenvalue weighted by molar-refractivity contribution is -0.135. The molecule has 0 bridgehead atoms. The molecule has 5 rings (SSSR count). The summed E-state index contributed by atoms with van der Waals surface area (Å²) < 4.78 is 12.3. The highest BCUT2D eigenvalue weighted by molar-refractivity contribution is 6.91. The van der Waals surface area contributed by atoms with Crippen molar-refractivity contribution in [3.8, 4) is 5.75 Å². The topological polar surface area (TPSA) is 88.1 Å². The molecule has 0 unspecified atom stereocenters. The zero-order valence-electron chi connectivity index (χ0n) is 28.5. The van der Waals surface area contributed by atoms with Crippen LogP contribution in [0.1, 0.15) is 41.3 Å². The van der Waals surface area contributed by atoms with Gasteiger partial charge in [-0.3, -0.25) is 9.59 Å². The maximum absolute atomic E-state index is 13.9. The van der Waals surface area contributed by atoms with E-state index >= 15 is 0 Å². The Balaban J connectivity index is 1.31. The van der Waals surface area contributed by atoms with E-state index in [0.717, 1.165) is 29.8 Å². The van der Waals surface area contributed by atoms with E-state index in [-0.39, 0.29) is 55.1 Å². The van der Waals surface area contributed by atoms with E-state index in [9.17, 15) is 14.7 Å². The van der Waals surface area contributed by atoms with Crippen LogP contribution in [0.3, 0.4) is 0 Å². The van der Waals surface area contributed by atoms with Crippen molar-refractivity contribution in [2.24, 2.45) is 5.92 Å². The molecule has 1 saturated heterocycles. The molecule has 0 spiro atoms. The lowest BCUT2D eigenvalue weighted by atomic mass is 9.95. The number of aliphatic hydroxyl groups is 1. The van der Waals surface area contributed by atoms with Gasteiger partial charge in [-0.25, -0.2) is 0 Å². The average molecular weight is 665 g/mol. The summed E-state index contributed by atoms with van der Waals surface area (Å²) in [5, 5.41) is 14.1. The predicted molar refractivity (Wildman–Crippen MR) is 194 cm³/mol. The maximum atomic E-state index is 13.9. The molecule has 0 aliphatic carbocycles.